The van der Waals surface area contributed by atoms with E-state index in [1.54, 1.807) is 12.3 Å². The number of thioether (sulfide) groups is 1. The maximum Gasteiger partial charge on any atom is 0.267 e. The molecule has 4 heterocycles. The van der Waals surface area contributed by atoms with Gasteiger partial charge in [-0.2, -0.15) is 0 Å². The van der Waals surface area contributed by atoms with E-state index in [1.807, 2.05) is 19.1 Å². The van der Waals surface area contributed by atoms with Crippen LogP contribution >= 0.6 is 24.0 Å². The van der Waals surface area contributed by atoms with Gasteiger partial charge in [0.15, 0.2) is 9.84 Å². The number of amides is 1. The van der Waals surface area contributed by atoms with Crippen molar-refractivity contribution in [2.45, 2.75) is 46.1 Å². The minimum atomic E-state index is -3.17. The summed E-state index contributed by atoms with van der Waals surface area (Å²) in [5.74, 6) is 0.162. The zero-order valence-electron chi connectivity index (χ0n) is 19.5. The highest BCUT2D eigenvalue weighted by Crippen LogP contribution is 2.37. The first-order valence-electron chi connectivity index (χ1n) is 11.4. The Bertz CT molecular complexity index is 1340. The Hall–Kier alpha value is -2.24. The molecule has 0 radical (unpaired) electrons. The molecule has 11 heteroatoms. The number of thiocarbonyl (C=S) groups is 1. The van der Waals surface area contributed by atoms with Crippen LogP contribution in [-0.2, 0) is 14.6 Å². The Morgan fingerprint density at radius 2 is 1.94 bits per heavy atom. The molecule has 1 atom stereocenters. The average molecular weight is 521 g/mol. The molecule has 0 aromatic carbocycles. The molecular formula is C23H28N4O4S3. The van der Waals surface area contributed by atoms with Gasteiger partial charge in [-0.1, -0.05) is 43.9 Å². The molecule has 0 aliphatic carbocycles. The molecule has 2 aromatic heterocycles. The van der Waals surface area contributed by atoms with Crippen molar-refractivity contribution in [1.82, 2.24) is 14.3 Å². The second-order valence-electron chi connectivity index (χ2n) is 8.68. The zero-order chi connectivity index (χ0) is 24.6. The van der Waals surface area contributed by atoms with Crippen LogP contribution in [-0.4, -0.2) is 63.6 Å². The third-order valence-corrected chi connectivity index (χ3v) is 9.03. The number of carbonyl (C=O) groups excluding carboxylic acids is 1. The second-order valence-corrected chi connectivity index (χ2v) is 12.6. The Morgan fingerprint density at radius 3 is 2.56 bits per heavy atom. The fraction of sp³-hybridized carbons (Fsp3) is 0.478. The molecule has 0 spiro atoms. The number of pyridine rings is 1. The number of hydrogen-bond donors (Lipinski definition) is 0. The van der Waals surface area contributed by atoms with Crippen LogP contribution < -0.4 is 10.5 Å². The van der Waals surface area contributed by atoms with Crippen molar-refractivity contribution in [3.05, 3.63) is 44.7 Å². The summed E-state index contributed by atoms with van der Waals surface area (Å²) >= 11 is 6.55. The Balaban J connectivity index is 1.83. The van der Waals surface area contributed by atoms with Crippen molar-refractivity contribution in [3.8, 4) is 0 Å². The van der Waals surface area contributed by atoms with Gasteiger partial charge < -0.3 is 4.90 Å². The van der Waals surface area contributed by atoms with Crippen LogP contribution in [0.1, 0.15) is 44.2 Å². The fourth-order valence-electron chi connectivity index (χ4n) is 4.38. The topological polar surface area (TPSA) is 92.1 Å². The van der Waals surface area contributed by atoms with E-state index in [4.69, 9.17) is 17.2 Å². The van der Waals surface area contributed by atoms with Crippen molar-refractivity contribution < 1.29 is 13.2 Å². The van der Waals surface area contributed by atoms with Crippen molar-refractivity contribution >= 4 is 61.6 Å². The Kier molecular flexibility index (Phi) is 7.16. The third-order valence-electron chi connectivity index (χ3n) is 5.94. The number of nitrogens with zero attached hydrogens (tertiary/aromatic N) is 4. The summed E-state index contributed by atoms with van der Waals surface area (Å²) in [6, 6.07) is 3.27. The molecule has 1 amide bonds. The number of fused-ring (bicyclic) bond motifs is 1. The maximum atomic E-state index is 13.6. The van der Waals surface area contributed by atoms with Gasteiger partial charge in [-0.3, -0.25) is 18.9 Å². The van der Waals surface area contributed by atoms with E-state index in [2.05, 4.69) is 18.7 Å². The first-order chi connectivity index (χ1) is 16.1. The Morgan fingerprint density at radius 1 is 1.24 bits per heavy atom. The summed E-state index contributed by atoms with van der Waals surface area (Å²) in [6.07, 6.45) is 5.46. The number of rotatable bonds is 7. The lowest BCUT2D eigenvalue weighted by Gasteiger charge is -2.24. The smallest absolute Gasteiger partial charge is 0.267 e. The summed E-state index contributed by atoms with van der Waals surface area (Å²) in [5.41, 5.74) is 1.55. The number of hydrogen-bond acceptors (Lipinski definition) is 8. The minimum Gasteiger partial charge on any atom is -0.356 e. The lowest BCUT2D eigenvalue weighted by atomic mass is 10.2. The number of aromatic nitrogens is 2. The van der Waals surface area contributed by atoms with E-state index in [1.165, 1.54) is 9.30 Å². The van der Waals surface area contributed by atoms with Gasteiger partial charge in [0.2, 0.25) is 0 Å². The summed E-state index contributed by atoms with van der Waals surface area (Å²) in [7, 11) is -3.17. The molecule has 2 aliphatic heterocycles. The van der Waals surface area contributed by atoms with Crippen LogP contribution in [0.15, 0.2) is 28.0 Å². The summed E-state index contributed by atoms with van der Waals surface area (Å²) in [5, 5.41) is 0. The fourth-order valence-corrected chi connectivity index (χ4v) is 7.46. The summed E-state index contributed by atoms with van der Waals surface area (Å²) in [4.78, 5) is 35.5. The zero-order valence-corrected chi connectivity index (χ0v) is 21.9. The molecule has 0 bridgehead atoms. The molecule has 2 saturated heterocycles. The largest absolute Gasteiger partial charge is 0.356 e. The maximum absolute atomic E-state index is 13.6. The number of sulfone groups is 1. The number of carbonyl (C=O) groups is 1. The highest BCUT2D eigenvalue weighted by Gasteiger charge is 2.42. The van der Waals surface area contributed by atoms with E-state index in [0.29, 0.717) is 32.7 Å². The lowest BCUT2D eigenvalue weighted by molar-refractivity contribution is -0.123. The highest BCUT2D eigenvalue weighted by atomic mass is 32.2. The molecule has 4 rings (SSSR count). The van der Waals surface area contributed by atoms with E-state index in [0.717, 1.165) is 43.3 Å². The predicted molar refractivity (Wildman–Crippen MR) is 141 cm³/mol. The van der Waals surface area contributed by atoms with Gasteiger partial charge in [-0.05, 0) is 43.9 Å². The van der Waals surface area contributed by atoms with Crippen molar-refractivity contribution in [1.29, 1.82) is 0 Å². The second kappa shape index (κ2) is 9.79. The van der Waals surface area contributed by atoms with E-state index in [9.17, 15) is 18.0 Å². The van der Waals surface area contributed by atoms with Gasteiger partial charge in [0.05, 0.1) is 28.0 Å². The van der Waals surface area contributed by atoms with Crippen LogP contribution in [0.4, 0.5) is 5.82 Å². The van der Waals surface area contributed by atoms with E-state index < -0.39 is 15.9 Å². The minimum absolute atomic E-state index is 0.0518. The average Bonchev–Trinajstić information content (AvgIpc) is 3.27. The van der Waals surface area contributed by atoms with Crippen LogP contribution in [0.3, 0.4) is 0 Å². The van der Waals surface area contributed by atoms with Gasteiger partial charge in [-0.25, -0.2) is 13.4 Å². The predicted octanol–water partition coefficient (Wildman–Crippen LogP) is 3.02. The van der Waals surface area contributed by atoms with Crippen LogP contribution in [0.5, 0.6) is 0 Å². The number of anilines is 1. The van der Waals surface area contributed by atoms with Gasteiger partial charge in [-0.15, -0.1) is 0 Å². The molecule has 2 aliphatic rings. The number of aryl methyl sites for hydroxylation is 1. The third kappa shape index (κ3) is 4.78. The summed E-state index contributed by atoms with van der Waals surface area (Å²) in [6.45, 7) is 7.50. The van der Waals surface area contributed by atoms with Crippen molar-refractivity contribution in [2.75, 3.05) is 29.5 Å². The van der Waals surface area contributed by atoms with Crippen LogP contribution in [0, 0.1) is 6.92 Å². The van der Waals surface area contributed by atoms with Gasteiger partial charge in [0.1, 0.15) is 15.8 Å². The first-order valence-corrected chi connectivity index (χ1v) is 14.4. The molecule has 0 unspecified atom stereocenters. The normalized spacial score (nSPS) is 21.2. The molecule has 2 aromatic rings. The standard InChI is InChI=1S/C23H28N4O4S3/c1-4-9-25(10-5-2)20-17(21(28)26-13-15(3)6-7-19(26)24-20)12-18-22(29)27(23(32)33-18)16-8-11-34(30,31)14-16/h6-7,12-13,16H,4-5,8-11,14H2,1-3H3/b18-12-/t16-/m1/s1. The van der Waals surface area contributed by atoms with E-state index in [-0.39, 0.29) is 23.0 Å². The monoisotopic (exact) mass is 520 g/mol. The highest BCUT2D eigenvalue weighted by molar-refractivity contribution is 8.26. The van der Waals surface area contributed by atoms with Crippen molar-refractivity contribution in [2.24, 2.45) is 0 Å². The molecule has 182 valence electrons. The van der Waals surface area contributed by atoms with Gasteiger partial charge in [0.25, 0.3) is 11.5 Å². The molecule has 34 heavy (non-hydrogen) atoms. The molecule has 2 fully saturated rings. The molecule has 0 N–H and O–H groups in total. The van der Waals surface area contributed by atoms with Crippen LogP contribution in [0.25, 0.3) is 11.7 Å². The Labute approximate surface area is 209 Å². The quantitative estimate of drug-likeness (QED) is 0.406. The molecule has 0 saturated carbocycles. The van der Waals surface area contributed by atoms with Crippen molar-refractivity contribution in [3.63, 3.8) is 0 Å². The first kappa shape index (κ1) is 24.9. The SMILES string of the molecule is CCCN(CCC)c1nc2ccc(C)cn2c(=O)c1/C=C1\SC(=S)N([C@@H]2CCS(=O)(=O)C2)C1=O. The van der Waals surface area contributed by atoms with Gasteiger partial charge >= 0.3 is 0 Å². The summed E-state index contributed by atoms with van der Waals surface area (Å²) < 4.78 is 25.8. The van der Waals surface area contributed by atoms with E-state index >= 15 is 0 Å². The molecule has 8 nitrogen and oxygen atoms in total. The lowest BCUT2D eigenvalue weighted by Crippen LogP contribution is -2.39. The van der Waals surface area contributed by atoms with Gasteiger partial charge in [0, 0.05) is 19.3 Å². The van der Waals surface area contributed by atoms with Crippen LogP contribution in [0.2, 0.25) is 0 Å². The molecular weight excluding hydrogens is 492 g/mol.